The van der Waals surface area contributed by atoms with E-state index in [1.807, 2.05) is 13.1 Å². The van der Waals surface area contributed by atoms with Gasteiger partial charge in [0, 0.05) is 17.6 Å². The zero-order valence-electron chi connectivity index (χ0n) is 11.2. The highest BCUT2D eigenvalue weighted by molar-refractivity contribution is 7.11. The molecule has 1 heterocycles. The minimum Gasteiger partial charge on any atom is -0.393 e. The summed E-state index contributed by atoms with van der Waals surface area (Å²) in [4.78, 5) is 5.55. The monoisotopic (exact) mass is 268 g/mol. The first kappa shape index (κ1) is 14.0. The molecule has 1 fully saturated rings. The van der Waals surface area contributed by atoms with Gasteiger partial charge in [-0.25, -0.2) is 4.98 Å². The summed E-state index contributed by atoms with van der Waals surface area (Å²) in [6.07, 6.45) is 8.99. The Labute approximate surface area is 114 Å². The van der Waals surface area contributed by atoms with Gasteiger partial charge in [0.1, 0.15) is 0 Å². The summed E-state index contributed by atoms with van der Waals surface area (Å²) in [5.41, 5.74) is 0. The Balaban J connectivity index is 1.55. The molecule has 1 saturated carbocycles. The van der Waals surface area contributed by atoms with Crippen LogP contribution in [0.4, 0.5) is 0 Å². The maximum Gasteiger partial charge on any atom is 0.0897 e. The fraction of sp³-hybridized carbons (Fsp3) is 0.786. The highest BCUT2D eigenvalue weighted by Crippen LogP contribution is 2.27. The van der Waals surface area contributed by atoms with Crippen molar-refractivity contribution >= 4 is 11.3 Å². The highest BCUT2D eigenvalue weighted by Gasteiger charge is 2.21. The van der Waals surface area contributed by atoms with Gasteiger partial charge in [0.15, 0.2) is 0 Å². The van der Waals surface area contributed by atoms with E-state index in [1.54, 1.807) is 11.3 Å². The van der Waals surface area contributed by atoms with Gasteiger partial charge in [0.05, 0.1) is 11.1 Å². The van der Waals surface area contributed by atoms with Crippen LogP contribution in [0.25, 0.3) is 0 Å². The average molecular weight is 268 g/mol. The number of hydrogen-bond donors (Lipinski definition) is 2. The van der Waals surface area contributed by atoms with Gasteiger partial charge in [-0.05, 0) is 45.1 Å². The summed E-state index contributed by atoms with van der Waals surface area (Å²) in [5.74, 6) is 0.547. The van der Waals surface area contributed by atoms with E-state index in [-0.39, 0.29) is 6.10 Å². The maximum atomic E-state index is 9.88. The summed E-state index contributed by atoms with van der Waals surface area (Å²) in [5, 5.41) is 14.5. The van der Waals surface area contributed by atoms with E-state index >= 15 is 0 Å². The van der Waals surface area contributed by atoms with Gasteiger partial charge in [0.2, 0.25) is 0 Å². The van der Waals surface area contributed by atoms with Crippen molar-refractivity contribution < 1.29 is 5.11 Å². The summed E-state index contributed by atoms with van der Waals surface area (Å²) in [6, 6.07) is 0. The predicted octanol–water partition coefficient (Wildman–Crippen LogP) is 2.87. The van der Waals surface area contributed by atoms with Crippen LogP contribution >= 0.6 is 11.3 Å². The molecule has 0 aromatic carbocycles. The summed E-state index contributed by atoms with van der Waals surface area (Å²) in [6.45, 7) is 4.01. The minimum atomic E-state index is -0.0390. The van der Waals surface area contributed by atoms with Gasteiger partial charge in [-0.1, -0.05) is 12.8 Å². The first-order valence-corrected chi connectivity index (χ1v) is 7.87. The van der Waals surface area contributed by atoms with Crippen molar-refractivity contribution in [2.24, 2.45) is 5.92 Å². The SMILES string of the molecule is Cc1ncc(CNCCCC2CCCCC2O)s1. The van der Waals surface area contributed by atoms with Crippen molar-refractivity contribution in [3.05, 3.63) is 16.1 Å². The van der Waals surface area contributed by atoms with E-state index in [0.29, 0.717) is 5.92 Å². The number of aliphatic hydroxyl groups is 1. The molecule has 2 N–H and O–H groups in total. The summed E-state index contributed by atoms with van der Waals surface area (Å²) in [7, 11) is 0. The largest absolute Gasteiger partial charge is 0.393 e. The van der Waals surface area contributed by atoms with Gasteiger partial charge in [-0.3, -0.25) is 0 Å². The summed E-state index contributed by atoms with van der Waals surface area (Å²) >= 11 is 1.76. The smallest absolute Gasteiger partial charge is 0.0897 e. The highest BCUT2D eigenvalue weighted by atomic mass is 32.1. The Morgan fingerprint density at radius 3 is 3.00 bits per heavy atom. The van der Waals surface area contributed by atoms with E-state index in [4.69, 9.17) is 0 Å². The van der Waals surface area contributed by atoms with E-state index in [2.05, 4.69) is 10.3 Å². The standard InChI is InChI=1S/C14H24N2OS/c1-11-16-10-13(18-11)9-15-8-4-6-12-5-2-3-7-14(12)17/h10,12,14-15,17H,2-9H2,1H3. The Morgan fingerprint density at radius 1 is 1.44 bits per heavy atom. The normalized spacial score (nSPS) is 24.3. The van der Waals surface area contributed by atoms with Crippen LogP contribution in [0.15, 0.2) is 6.20 Å². The predicted molar refractivity (Wildman–Crippen MR) is 75.8 cm³/mol. The first-order valence-electron chi connectivity index (χ1n) is 7.06. The Hall–Kier alpha value is -0.450. The van der Waals surface area contributed by atoms with Crippen LogP contribution in [0.3, 0.4) is 0 Å². The Kier molecular flexibility index (Phi) is 5.60. The second kappa shape index (κ2) is 7.22. The lowest BCUT2D eigenvalue weighted by Gasteiger charge is -2.27. The lowest BCUT2D eigenvalue weighted by Crippen LogP contribution is -2.25. The second-order valence-electron chi connectivity index (χ2n) is 5.28. The third-order valence-corrected chi connectivity index (χ3v) is 4.68. The molecular weight excluding hydrogens is 244 g/mol. The number of aromatic nitrogens is 1. The van der Waals surface area contributed by atoms with Gasteiger partial charge >= 0.3 is 0 Å². The van der Waals surface area contributed by atoms with Gasteiger partial charge in [-0.2, -0.15) is 0 Å². The number of nitrogens with zero attached hydrogens (tertiary/aromatic N) is 1. The zero-order chi connectivity index (χ0) is 12.8. The Bertz CT molecular complexity index is 353. The molecule has 18 heavy (non-hydrogen) atoms. The molecule has 1 aromatic heterocycles. The molecule has 2 rings (SSSR count). The van der Waals surface area contributed by atoms with Gasteiger partial charge in [0.25, 0.3) is 0 Å². The molecule has 3 nitrogen and oxygen atoms in total. The topological polar surface area (TPSA) is 45.2 Å². The molecule has 1 aliphatic rings. The number of hydrogen-bond acceptors (Lipinski definition) is 4. The van der Waals surface area contributed by atoms with Crippen LogP contribution in [-0.2, 0) is 6.54 Å². The lowest BCUT2D eigenvalue weighted by molar-refractivity contribution is 0.0643. The van der Waals surface area contributed by atoms with Gasteiger partial charge in [-0.15, -0.1) is 11.3 Å². The fourth-order valence-corrected chi connectivity index (χ4v) is 3.48. The molecular formula is C14H24N2OS. The van der Waals surface area contributed by atoms with Crippen molar-refractivity contribution in [3.63, 3.8) is 0 Å². The van der Waals surface area contributed by atoms with E-state index in [1.165, 1.54) is 30.6 Å². The van der Waals surface area contributed by atoms with Crippen molar-refractivity contribution in [1.29, 1.82) is 0 Å². The number of aliphatic hydroxyl groups excluding tert-OH is 1. The van der Waals surface area contributed by atoms with E-state index in [0.717, 1.165) is 30.9 Å². The van der Waals surface area contributed by atoms with Crippen LogP contribution in [0.1, 0.15) is 48.4 Å². The molecule has 0 aliphatic heterocycles. The molecule has 1 aliphatic carbocycles. The number of rotatable bonds is 6. The van der Waals surface area contributed by atoms with Crippen molar-refractivity contribution in [1.82, 2.24) is 10.3 Å². The van der Waals surface area contributed by atoms with Crippen LogP contribution in [0.2, 0.25) is 0 Å². The van der Waals surface area contributed by atoms with Crippen molar-refractivity contribution in [3.8, 4) is 0 Å². The molecule has 2 atom stereocenters. The molecule has 2 unspecified atom stereocenters. The number of thiazole rings is 1. The van der Waals surface area contributed by atoms with Crippen molar-refractivity contribution in [2.75, 3.05) is 6.54 Å². The molecule has 102 valence electrons. The molecule has 0 amide bonds. The fourth-order valence-electron chi connectivity index (χ4n) is 2.71. The van der Waals surface area contributed by atoms with Crippen molar-refractivity contribution in [2.45, 2.75) is 58.1 Å². The van der Waals surface area contributed by atoms with E-state index in [9.17, 15) is 5.11 Å². The first-order chi connectivity index (χ1) is 8.75. The summed E-state index contributed by atoms with van der Waals surface area (Å²) < 4.78 is 0. The minimum absolute atomic E-state index is 0.0390. The average Bonchev–Trinajstić information content (AvgIpc) is 2.77. The van der Waals surface area contributed by atoms with Crippen LogP contribution in [0, 0.1) is 12.8 Å². The van der Waals surface area contributed by atoms with Gasteiger partial charge < -0.3 is 10.4 Å². The Morgan fingerprint density at radius 2 is 2.28 bits per heavy atom. The second-order valence-corrected chi connectivity index (χ2v) is 6.60. The molecule has 0 bridgehead atoms. The quantitative estimate of drug-likeness (QED) is 0.780. The van der Waals surface area contributed by atoms with E-state index < -0.39 is 0 Å². The number of aryl methyl sites for hydroxylation is 1. The lowest BCUT2D eigenvalue weighted by atomic mass is 9.83. The molecule has 4 heteroatoms. The molecule has 0 spiro atoms. The van der Waals surface area contributed by atoms with Crippen LogP contribution < -0.4 is 5.32 Å². The molecule has 1 aromatic rings. The molecule has 0 saturated heterocycles. The third-order valence-electron chi connectivity index (χ3n) is 3.77. The van der Waals surface area contributed by atoms with Crippen LogP contribution in [-0.4, -0.2) is 22.7 Å². The zero-order valence-corrected chi connectivity index (χ0v) is 12.0. The molecule has 0 radical (unpaired) electrons. The number of nitrogens with one attached hydrogen (secondary N) is 1. The van der Waals surface area contributed by atoms with Crippen LogP contribution in [0.5, 0.6) is 0 Å². The third kappa shape index (κ3) is 4.34. The maximum absolute atomic E-state index is 9.88.